The lowest BCUT2D eigenvalue weighted by atomic mass is 10.1. The summed E-state index contributed by atoms with van der Waals surface area (Å²) in [6.45, 7) is 7.68. The first-order valence-electron chi connectivity index (χ1n) is 7.42. The molecule has 0 aromatic carbocycles. The SMILES string of the molecule is CCCNc1nc(CCC(C)C)nc(C2CC2)c1I. The molecule has 0 spiro atoms. The summed E-state index contributed by atoms with van der Waals surface area (Å²) in [4.78, 5) is 9.54. The molecule has 0 atom stereocenters. The Bertz CT molecular complexity index is 428. The Hall–Kier alpha value is -0.390. The Morgan fingerprint density at radius 3 is 2.63 bits per heavy atom. The zero-order chi connectivity index (χ0) is 13.8. The van der Waals surface area contributed by atoms with Gasteiger partial charge >= 0.3 is 0 Å². The predicted molar refractivity (Wildman–Crippen MR) is 88.7 cm³/mol. The average Bonchev–Trinajstić information content (AvgIpc) is 3.20. The first-order chi connectivity index (χ1) is 9.11. The Kier molecular flexibility index (Phi) is 5.42. The fraction of sp³-hybridized carbons (Fsp3) is 0.733. The summed E-state index contributed by atoms with van der Waals surface area (Å²) in [5.74, 6) is 3.47. The molecule has 0 aliphatic heterocycles. The van der Waals surface area contributed by atoms with Crippen molar-refractivity contribution in [1.29, 1.82) is 0 Å². The van der Waals surface area contributed by atoms with Crippen molar-refractivity contribution in [3.63, 3.8) is 0 Å². The molecule has 0 amide bonds. The lowest BCUT2D eigenvalue weighted by molar-refractivity contribution is 0.573. The molecule has 1 N–H and O–H groups in total. The van der Waals surface area contributed by atoms with Gasteiger partial charge in [-0.25, -0.2) is 9.97 Å². The van der Waals surface area contributed by atoms with Gasteiger partial charge in [0.05, 0.1) is 9.26 Å². The molecule has 1 saturated carbocycles. The van der Waals surface area contributed by atoms with Gasteiger partial charge in [-0.2, -0.15) is 0 Å². The van der Waals surface area contributed by atoms with Gasteiger partial charge in [-0.15, -0.1) is 0 Å². The first kappa shape index (κ1) is 15.0. The van der Waals surface area contributed by atoms with Gasteiger partial charge < -0.3 is 5.32 Å². The Labute approximate surface area is 130 Å². The van der Waals surface area contributed by atoms with Crippen LogP contribution in [0.2, 0.25) is 0 Å². The van der Waals surface area contributed by atoms with E-state index >= 15 is 0 Å². The van der Waals surface area contributed by atoms with Crippen LogP contribution in [0.25, 0.3) is 0 Å². The van der Waals surface area contributed by atoms with Crippen molar-refractivity contribution in [2.24, 2.45) is 5.92 Å². The average molecular weight is 373 g/mol. The molecule has 1 aromatic heterocycles. The summed E-state index contributed by atoms with van der Waals surface area (Å²) in [6, 6.07) is 0. The molecule has 1 aliphatic carbocycles. The topological polar surface area (TPSA) is 37.8 Å². The van der Waals surface area contributed by atoms with E-state index < -0.39 is 0 Å². The molecule has 1 heterocycles. The van der Waals surface area contributed by atoms with Crippen LogP contribution < -0.4 is 5.32 Å². The van der Waals surface area contributed by atoms with Gasteiger partial charge in [-0.3, -0.25) is 0 Å². The van der Waals surface area contributed by atoms with E-state index in [1.54, 1.807) is 0 Å². The number of hydrogen-bond donors (Lipinski definition) is 1. The second kappa shape index (κ2) is 6.86. The maximum atomic E-state index is 4.82. The fourth-order valence-electron chi connectivity index (χ4n) is 2.03. The van der Waals surface area contributed by atoms with E-state index in [1.165, 1.54) is 22.1 Å². The summed E-state index contributed by atoms with van der Waals surface area (Å²) in [5.41, 5.74) is 1.29. The molecule has 0 bridgehead atoms. The monoisotopic (exact) mass is 373 g/mol. The van der Waals surface area contributed by atoms with E-state index in [9.17, 15) is 0 Å². The molecule has 106 valence electrons. The van der Waals surface area contributed by atoms with Crippen LogP contribution in [0.15, 0.2) is 0 Å². The molecule has 3 nitrogen and oxygen atoms in total. The summed E-state index contributed by atoms with van der Waals surface area (Å²) >= 11 is 2.41. The number of nitrogens with zero attached hydrogens (tertiary/aromatic N) is 2. The number of rotatable bonds is 7. The molecule has 0 unspecified atom stereocenters. The van der Waals surface area contributed by atoms with Crippen LogP contribution in [0.1, 0.15) is 63.9 Å². The summed E-state index contributed by atoms with van der Waals surface area (Å²) in [6.07, 6.45) is 5.88. The largest absolute Gasteiger partial charge is 0.369 e. The maximum absolute atomic E-state index is 4.82. The van der Waals surface area contributed by atoms with E-state index in [0.29, 0.717) is 11.8 Å². The Balaban J connectivity index is 2.20. The van der Waals surface area contributed by atoms with Crippen molar-refractivity contribution >= 4 is 28.4 Å². The van der Waals surface area contributed by atoms with Gasteiger partial charge in [-0.1, -0.05) is 20.8 Å². The third-order valence-electron chi connectivity index (χ3n) is 3.37. The molecule has 19 heavy (non-hydrogen) atoms. The second-order valence-corrected chi connectivity index (χ2v) is 6.90. The van der Waals surface area contributed by atoms with Crippen molar-refractivity contribution in [2.45, 2.75) is 58.8 Å². The lowest BCUT2D eigenvalue weighted by Crippen LogP contribution is -2.11. The van der Waals surface area contributed by atoms with Crippen molar-refractivity contribution in [2.75, 3.05) is 11.9 Å². The zero-order valence-corrected chi connectivity index (χ0v) is 14.3. The molecule has 2 rings (SSSR count). The van der Waals surface area contributed by atoms with E-state index in [0.717, 1.165) is 37.4 Å². The van der Waals surface area contributed by atoms with E-state index in [4.69, 9.17) is 9.97 Å². The van der Waals surface area contributed by atoms with Gasteiger partial charge in [0, 0.05) is 18.9 Å². The molecular formula is C15H24IN3. The first-order valence-corrected chi connectivity index (χ1v) is 8.49. The number of halogens is 1. The minimum atomic E-state index is 0.690. The highest BCUT2D eigenvalue weighted by atomic mass is 127. The van der Waals surface area contributed by atoms with E-state index in [2.05, 4.69) is 48.7 Å². The normalized spacial score (nSPS) is 15.0. The molecule has 1 fully saturated rings. The molecule has 0 saturated heterocycles. The molecule has 0 radical (unpaired) electrons. The highest BCUT2D eigenvalue weighted by Gasteiger charge is 2.29. The molecule has 1 aliphatic rings. The smallest absolute Gasteiger partial charge is 0.143 e. The number of aromatic nitrogens is 2. The van der Waals surface area contributed by atoms with Crippen LogP contribution in [-0.2, 0) is 6.42 Å². The van der Waals surface area contributed by atoms with E-state index in [-0.39, 0.29) is 0 Å². The third-order valence-corrected chi connectivity index (χ3v) is 4.44. The minimum Gasteiger partial charge on any atom is -0.369 e. The fourth-order valence-corrected chi connectivity index (χ4v) is 2.90. The van der Waals surface area contributed by atoms with Crippen molar-refractivity contribution in [1.82, 2.24) is 9.97 Å². The van der Waals surface area contributed by atoms with Crippen LogP contribution in [0.4, 0.5) is 5.82 Å². The molecule has 1 aromatic rings. The van der Waals surface area contributed by atoms with Gasteiger partial charge in [0.1, 0.15) is 11.6 Å². The quantitative estimate of drug-likeness (QED) is 0.722. The number of nitrogens with one attached hydrogen (secondary N) is 1. The maximum Gasteiger partial charge on any atom is 0.143 e. The second-order valence-electron chi connectivity index (χ2n) is 5.82. The Morgan fingerprint density at radius 2 is 2.05 bits per heavy atom. The lowest BCUT2D eigenvalue weighted by Gasteiger charge is -2.13. The molecular weight excluding hydrogens is 349 g/mol. The van der Waals surface area contributed by atoms with E-state index in [1.807, 2.05) is 0 Å². The van der Waals surface area contributed by atoms with Crippen molar-refractivity contribution in [3.05, 3.63) is 15.1 Å². The zero-order valence-electron chi connectivity index (χ0n) is 12.2. The number of aryl methyl sites for hydroxylation is 1. The molecule has 4 heteroatoms. The summed E-state index contributed by atoms with van der Waals surface area (Å²) in [5, 5.41) is 3.46. The van der Waals surface area contributed by atoms with Crippen LogP contribution in [0, 0.1) is 9.49 Å². The summed E-state index contributed by atoms with van der Waals surface area (Å²) < 4.78 is 1.24. The van der Waals surface area contributed by atoms with Crippen LogP contribution in [-0.4, -0.2) is 16.5 Å². The van der Waals surface area contributed by atoms with Crippen molar-refractivity contribution in [3.8, 4) is 0 Å². The van der Waals surface area contributed by atoms with Gasteiger partial charge in [0.15, 0.2) is 0 Å². The van der Waals surface area contributed by atoms with Gasteiger partial charge in [-0.05, 0) is 54.2 Å². The van der Waals surface area contributed by atoms with Crippen LogP contribution in [0.3, 0.4) is 0 Å². The minimum absolute atomic E-state index is 0.690. The highest BCUT2D eigenvalue weighted by Crippen LogP contribution is 2.42. The van der Waals surface area contributed by atoms with Crippen molar-refractivity contribution < 1.29 is 0 Å². The van der Waals surface area contributed by atoms with Gasteiger partial charge in [0.25, 0.3) is 0 Å². The number of anilines is 1. The standard InChI is InChI=1S/C15H24IN3/c1-4-9-17-15-13(16)14(11-6-7-11)18-12(19-15)8-5-10(2)3/h10-11H,4-9H2,1-3H3,(H,17,18,19). The number of hydrogen-bond acceptors (Lipinski definition) is 3. The van der Waals surface area contributed by atoms with Crippen LogP contribution in [0.5, 0.6) is 0 Å². The van der Waals surface area contributed by atoms with Crippen LogP contribution >= 0.6 is 22.6 Å². The predicted octanol–water partition coefficient (Wildman–Crippen LogP) is 4.37. The summed E-state index contributed by atoms with van der Waals surface area (Å²) in [7, 11) is 0. The third kappa shape index (κ3) is 4.29. The Morgan fingerprint density at radius 1 is 1.32 bits per heavy atom. The van der Waals surface area contributed by atoms with Gasteiger partial charge in [0.2, 0.25) is 0 Å². The highest BCUT2D eigenvalue weighted by molar-refractivity contribution is 14.1.